The molecule has 1 fully saturated rings. The molecular weight excluding hydrogens is 468 g/mol. The number of hydrogen-bond acceptors (Lipinski definition) is 8. The summed E-state index contributed by atoms with van der Waals surface area (Å²) in [5, 5.41) is 17.9. The Morgan fingerprint density at radius 3 is 1.35 bits per heavy atom. The van der Waals surface area contributed by atoms with Gasteiger partial charge < -0.3 is 10.6 Å². The molecule has 0 atom stereocenters. The van der Waals surface area contributed by atoms with Crippen LogP contribution in [-0.2, 0) is 9.59 Å². The van der Waals surface area contributed by atoms with Gasteiger partial charge in [-0.3, -0.25) is 9.59 Å². The molecule has 34 heavy (non-hydrogen) atoms. The summed E-state index contributed by atoms with van der Waals surface area (Å²) in [4.78, 5) is 25.5. The third-order valence-corrected chi connectivity index (χ3v) is 7.09. The SMILES string of the molecule is O=C(Nc1ccc(-c2csnn2)cc1)C1CCC(C(=O)Nc2ccc(-c3csnn3)cc2)CC1. The second-order valence-corrected chi connectivity index (χ2v) is 9.48. The number of rotatable bonds is 6. The Balaban J connectivity index is 1.10. The van der Waals surface area contributed by atoms with E-state index in [4.69, 9.17) is 0 Å². The molecule has 1 aliphatic rings. The van der Waals surface area contributed by atoms with Gasteiger partial charge in [0.15, 0.2) is 0 Å². The van der Waals surface area contributed by atoms with Gasteiger partial charge in [-0.05, 0) is 73.0 Å². The summed E-state index contributed by atoms with van der Waals surface area (Å²) in [6.45, 7) is 0. The van der Waals surface area contributed by atoms with Crippen molar-refractivity contribution in [3.8, 4) is 22.5 Å². The molecule has 2 aromatic carbocycles. The van der Waals surface area contributed by atoms with Crippen LogP contribution in [0.25, 0.3) is 22.5 Å². The van der Waals surface area contributed by atoms with Crippen LogP contribution in [-0.4, -0.2) is 31.0 Å². The van der Waals surface area contributed by atoms with Gasteiger partial charge in [-0.15, -0.1) is 10.2 Å². The van der Waals surface area contributed by atoms with Gasteiger partial charge in [0.1, 0.15) is 11.4 Å². The summed E-state index contributed by atoms with van der Waals surface area (Å²) in [6.07, 6.45) is 2.79. The maximum atomic E-state index is 12.7. The zero-order valence-electron chi connectivity index (χ0n) is 18.2. The van der Waals surface area contributed by atoms with Crippen molar-refractivity contribution in [1.82, 2.24) is 19.2 Å². The van der Waals surface area contributed by atoms with Crippen LogP contribution >= 0.6 is 23.1 Å². The summed E-state index contributed by atoms with van der Waals surface area (Å²) >= 11 is 2.61. The molecule has 172 valence electrons. The van der Waals surface area contributed by atoms with Crippen molar-refractivity contribution in [3.63, 3.8) is 0 Å². The van der Waals surface area contributed by atoms with Crippen molar-refractivity contribution in [2.45, 2.75) is 25.7 Å². The quantitative estimate of drug-likeness (QED) is 0.389. The number of carbonyl (C=O) groups is 2. The number of carbonyl (C=O) groups excluding carboxylic acids is 2. The van der Waals surface area contributed by atoms with E-state index in [1.807, 2.05) is 59.3 Å². The molecule has 10 heteroatoms. The number of anilines is 2. The first-order chi connectivity index (χ1) is 16.7. The maximum Gasteiger partial charge on any atom is 0.227 e. The molecule has 1 saturated carbocycles. The molecule has 0 spiro atoms. The summed E-state index contributed by atoms with van der Waals surface area (Å²) in [5.41, 5.74) is 5.10. The van der Waals surface area contributed by atoms with Gasteiger partial charge in [-0.25, -0.2) is 0 Å². The van der Waals surface area contributed by atoms with Crippen LogP contribution < -0.4 is 10.6 Å². The Morgan fingerprint density at radius 2 is 1.03 bits per heavy atom. The van der Waals surface area contributed by atoms with Gasteiger partial charge in [0.25, 0.3) is 0 Å². The highest BCUT2D eigenvalue weighted by molar-refractivity contribution is 7.03. The van der Waals surface area contributed by atoms with Gasteiger partial charge in [-0.1, -0.05) is 33.2 Å². The van der Waals surface area contributed by atoms with E-state index in [9.17, 15) is 9.59 Å². The monoisotopic (exact) mass is 490 g/mol. The Kier molecular flexibility index (Phi) is 6.68. The lowest BCUT2D eigenvalue weighted by Crippen LogP contribution is -2.32. The molecule has 1 aliphatic carbocycles. The lowest BCUT2D eigenvalue weighted by atomic mass is 9.81. The molecule has 2 aromatic heterocycles. The largest absolute Gasteiger partial charge is 0.326 e. The van der Waals surface area contributed by atoms with Crippen molar-refractivity contribution < 1.29 is 9.59 Å². The van der Waals surface area contributed by atoms with Crippen molar-refractivity contribution in [2.24, 2.45) is 11.8 Å². The fourth-order valence-corrected chi connectivity index (χ4v) is 5.07. The van der Waals surface area contributed by atoms with E-state index in [0.29, 0.717) is 25.7 Å². The second kappa shape index (κ2) is 10.2. The lowest BCUT2D eigenvalue weighted by Gasteiger charge is -2.27. The molecule has 0 aliphatic heterocycles. The first-order valence-corrected chi connectivity index (χ1v) is 12.7. The summed E-state index contributed by atoms with van der Waals surface area (Å²) < 4.78 is 7.75. The van der Waals surface area contributed by atoms with Crippen LogP contribution in [0.4, 0.5) is 11.4 Å². The van der Waals surface area contributed by atoms with Crippen molar-refractivity contribution in [3.05, 3.63) is 59.3 Å². The van der Waals surface area contributed by atoms with E-state index in [1.165, 1.54) is 23.1 Å². The van der Waals surface area contributed by atoms with E-state index >= 15 is 0 Å². The molecule has 2 amide bonds. The number of benzene rings is 2. The normalized spacial score (nSPS) is 17.8. The van der Waals surface area contributed by atoms with Gasteiger partial charge in [0.2, 0.25) is 11.8 Å². The first-order valence-electron chi connectivity index (χ1n) is 11.0. The van der Waals surface area contributed by atoms with Crippen LogP contribution in [0.3, 0.4) is 0 Å². The zero-order valence-corrected chi connectivity index (χ0v) is 19.8. The van der Waals surface area contributed by atoms with Crippen LogP contribution in [0.15, 0.2) is 59.3 Å². The van der Waals surface area contributed by atoms with E-state index in [-0.39, 0.29) is 23.7 Å². The molecular formula is C24H22N6O2S2. The Hall–Kier alpha value is -3.50. The van der Waals surface area contributed by atoms with Crippen molar-refractivity contribution in [2.75, 3.05) is 10.6 Å². The zero-order chi connectivity index (χ0) is 23.3. The third kappa shape index (κ3) is 5.18. The van der Waals surface area contributed by atoms with Crippen LogP contribution in [0.5, 0.6) is 0 Å². The summed E-state index contributed by atoms with van der Waals surface area (Å²) in [6, 6.07) is 15.2. The number of amides is 2. The number of nitrogens with one attached hydrogen (secondary N) is 2. The molecule has 8 nitrogen and oxygen atoms in total. The molecule has 4 aromatic rings. The maximum absolute atomic E-state index is 12.7. The first kappa shape index (κ1) is 22.3. The van der Waals surface area contributed by atoms with Crippen molar-refractivity contribution >= 4 is 46.3 Å². The molecule has 2 N–H and O–H groups in total. The minimum absolute atomic E-state index is 0.00838. The number of nitrogens with zero attached hydrogens (tertiary/aromatic N) is 4. The highest BCUT2D eigenvalue weighted by Gasteiger charge is 2.30. The highest BCUT2D eigenvalue weighted by atomic mass is 32.1. The molecule has 2 heterocycles. The molecule has 0 radical (unpaired) electrons. The minimum atomic E-state index is -0.0857. The van der Waals surface area contributed by atoms with Crippen LogP contribution in [0.1, 0.15) is 25.7 Å². The minimum Gasteiger partial charge on any atom is -0.326 e. The fraction of sp³-hybridized carbons (Fsp3) is 0.250. The van der Waals surface area contributed by atoms with Gasteiger partial charge in [0, 0.05) is 45.1 Å². The van der Waals surface area contributed by atoms with E-state index in [0.717, 1.165) is 33.9 Å². The predicted octanol–water partition coefficient (Wildman–Crippen LogP) is 5.11. The Morgan fingerprint density at radius 1 is 0.647 bits per heavy atom. The van der Waals surface area contributed by atoms with Crippen molar-refractivity contribution in [1.29, 1.82) is 0 Å². The second-order valence-electron chi connectivity index (χ2n) is 8.26. The molecule has 0 unspecified atom stereocenters. The van der Waals surface area contributed by atoms with Gasteiger partial charge >= 0.3 is 0 Å². The van der Waals surface area contributed by atoms with E-state index in [1.54, 1.807) is 0 Å². The highest BCUT2D eigenvalue weighted by Crippen LogP contribution is 2.31. The standard InChI is InChI=1S/C24H22N6O2S2/c31-23(25-19-9-5-15(6-10-19)21-13-33-29-27-21)17-1-2-18(4-3-17)24(32)26-20-11-7-16(8-12-20)22-14-34-30-28-22/h5-14,17-18H,1-4H2,(H,25,31)(H,26,32). The van der Waals surface area contributed by atoms with Crippen LogP contribution in [0, 0.1) is 11.8 Å². The Bertz CT molecular complexity index is 1130. The lowest BCUT2D eigenvalue weighted by molar-refractivity contribution is -0.125. The average molecular weight is 491 g/mol. The summed E-state index contributed by atoms with van der Waals surface area (Å²) in [5.74, 6) is -0.155. The molecule has 0 bridgehead atoms. The predicted molar refractivity (Wildman–Crippen MR) is 133 cm³/mol. The average Bonchev–Trinajstić information content (AvgIpc) is 3.60. The van der Waals surface area contributed by atoms with Gasteiger partial charge in [-0.2, -0.15) is 0 Å². The molecule has 5 rings (SSSR count). The topological polar surface area (TPSA) is 110 Å². The summed E-state index contributed by atoms with van der Waals surface area (Å²) in [7, 11) is 0. The van der Waals surface area contributed by atoms with Gasteiger partial charge in [0.05, 0.1) is 0 Å². The smallest absolute Gasteiger partial charge is 0.227 e. The van der Waals surface area contributed by atoms with Crippen LogP contribution in [0.2, 0.25) is 0 Å². The van der Waals surface area contributed by atoms with E-state index in [2.05, 4.69) is 29.8 Å². The van der Waals surface area contributed by atoms with E-state index < -0.39 is 0 Å². The number of hydrogen-bond donors (Lipinski definition) is 2. The number of aromatic nitrogens is 4. The third-order valence-electron chi connectivity index (χ3n) is 6.09. The Labute approximate surface area is 204 Å². The fourth-order valence-electron chi connectivity index (χ4n) is 4.14. The molecule has 0 saturated heterocycles.